The molecule has 1 aromatic carbocycles. The Kier molecular flexibility index (Phi) is 5.86. The molecule has 1 fully saturated rings. The highest BCUT2D eigenvalue weighted by atomic mass is 79.9. The zero-order valence-electron chi connectivity index (χ0n) is 12.0. The van der Waals surface area contributed by atoms with Crippen LogP contribution in [0.2, 0.25) is 0 Å². The van der Waals surface area contributed by atoms with E-state index in [4.69, 9.17) is 0 Å². The van der Waals surface area contributed by atoms with E-state index < -0.39 is 0 Å². The summed E-state index contributed by atoms with van der Waals surface area (Å²) in [5.41, 5.74) is 1.41. The standard InChI is InChI=1S/C16H25BrN2/c1-3-18-12-14-8-10-19(11-9-14)13(2)15-6-4-5-7-16(15)17/h4-7,13-14,18H,3,8-12H2,1-2H3. The Morgan fingerprint density at radius 3 is 2.63 bits per heavy atom. The van der Waals surface area contributed by atoms with Crippen LogP contribution < -0.4 is 5.32 Å². The van der Waals surface area contributed by atoms with Crippen LogP contribution in [0.3, 0.4) is 0 Å². The lowest BCUT2D eigenvalue weighted by atomic mass is 9.94. The van der Waals surface area contributed by atoms with E-state index >= 15 is 0 Å². The minimum absolute atomic E-state index is 0.510. The van der Waals surface area contributed by atoms with Crippen LogP contribution in [0.25, 0.3) is 0 Å². The van der Waals surface area contributed by atoms with Crippen molar-refractivity contribution < 1.29 is 0 Å². The lowest BCUT2D eigenvalue weighted by Gasteiger charge is -2.36. The van der Waals surface area contributed by atoms with Gasteiger partial charge < -0.3 is 5.32 Å². The maximum Gasteiger partial charge on any atom is 0.0331 e. The summed E-state index contributed by atoms with van der Waals surface area (Å²) in [6.07, 6.45) is 2.64. The fraction of sp³-hybridized carbons (Fsp3) is 0.625. The maximum atomic E-state index is 3.67. The fourth-order valence-corrected chi connectivity index (χ4v) is 3.52. The van der Waals surface area contributed by atoms with Gasteiger partial charge in [-0.05, 0) is 63.5 Å². The quantitative estimate of drug-likeness (QED) is 0.885. The molecule has 1 N–H and O–H groups in total. The Bertz CT molecular complexity index is 386. The Morgan fingerprint density at radius 1 is 1.32 bits per heavy atom. The second-order valence-corrected chi connectivity index (χ2v) is 6.34. The lowest BCUT2D eigenvalue weighted by molar-refractivity contribution is 0.140. The summed E-state index contributed by atoms with van der Waals surface area (Å²) >= 11 is 3.67. The van der Waals surface area contributed by atoms with Crippen molar-refractivity contribution in [2.75, 3.05) is 26.2 Å². The van der Waals surface area contributed by atoms with Gasteiger partial charge in [0.05, 0.1) is 0 Å². The van der Waals surface area contributed by atoms with E-state index in [0.717, 1.165) is 12.5 Å². The second kappa shape index (κ2) is 7.41. The summed E-state index contributed by atoms with van der Waals surface area (Å²) in [7, 11) is 0. The van der Waals surface area contributed by atoms with Crippen molar-refractivity contribution in [1.29, 1.82) is 0 Å². The SMILES string of the molecule is CCNCC1CCN(C(C)c2ccccc2Br)CC1. The van der Waals surface area contributed by atoms with Gasteiger partial charge in [-0.1, -0.05) is 41.1 Å². The summed E-state index contributed by atoms with van der Waals surface area (Å²) in [6, 6.07) is 9.11. The van der Waals surface area contributed by atoms with Crippen LogP contribution in [-0.2, 0) is 0 Å². The molecular formula is C16H25BrN2. The van der Waals surface area contributed by atoms with E-state index in [1.54, 1.807) is 0 Å². The van der Waals surface area contributed by atoms with E-state index in [1.807, 2.05) is 0 Å². The predicted octanol–water partition coefficient (Wildman–Crippen LogP) is 3.83. The highest BCUT2D eigenvalue weighted by Crippen LogP contribution is 2.30. The smallest absolute Gasteiger partial charge is 0.0331 e. The molecule has 1 saturated heterocycles. The number of halogens is 1. The molecule has 0 radical (unpaired) electrons. The van der Waals surface area contributed by atoms with Crippen LogP contribution in [0.15, 0.2) is 28.7 Å². The Morgan fingerprint density at radius 2 is 2.00 bits per heavy atom. The number of nitrogens with zero attached hydrogens (tertiary/aromatic N) is 1. The van der Waals surface area contributed by atoms with E-state index in [2.05, 4.69) is 64.3 Å². The maximum absolute atomic E-state index is 3.67. The molecule has 0 aliphatic carbocycles. The number of nitrogens with one attached hydrogen (secondary N) is 1. The summed E-state index contributed by atoms with van der Waals surface area (Å²) < 4.78 is 1.23. The molecule has 0 saturated carbocycles. The van der Waals surface area contributed by atoms with Gasteiger partial charge in [-0.15, -0.1) is 0 Å². The third kappa shape index (κ3) is 4.04. The third-order valence-electron chi connectivity index (χ3n) is 4.24. The van der Waals surface area contributed by atoms with Gasteiger partial charge in [-0.25, -0.2) is 0 Å². The van der Waals surface area contributed by atoms with Crippen LogP contribution in [0, 0.1) is 5.92 Å². The van der Waals surface area contributed by atoms with E-state index in [9.17, 15) is 0 Å². The highest BCUT2D eigenvalue weighted by Gasteiger charge is 2.23. The molecule has 1 aromatic rings. The molecule has 1 aliphatic rings. The van der Waals surface area contributed by atoms with Crippen molar-refractivity contribution in [2.45, 2.75) is 32.7 Å². The molecule has 3 heteroatoms. The van der Waals surface area contributed by atoms with Gasteiger partial charge in [0.1, 0.15) is 0 Å². The Hall–Kier alpha value is -0.380. The van der Waals surface area contributed by atoms with E-state index in [1.165, 1.54) is 42.5 Å². The Labute approximate surface area is 125 Å². The average Bonchev–Trinajstić information content (AvgIpc) is 2.45. The zero-order valence-corrected chi connectivity index (χ0v) is 13.6. The normalized spacial score (nSPS) is 19.5. The minimum atomic E-state index is 0.510. The first kappa shape index (κ1) is 15.0. The van der Waals surface area contributed by atoms with Crippen molar-refractivity contribution in [3.8, 4) is 0 Å². The number of rotatable bonds is 5. The molecule has 0 bridgehead atoms. The number of hydrogen-bond donors (Lipinski definition) is 1. The first-order chi connectivity index (χ1) is 9.22. The molecule has 106 valence electrons. The fourth-order valence-electron chi connectivity index (χ4n) is 2.90. The number of likely N-dealkylation sites (tertiary alicyclic amines) is 1. The topological polar surface area (TPSA) is 15.3 Å². The van der Waals surface area contributed by atoms with Gasteiger partial charge in [0.15, 0.2) is 0 Å². The zero-order chi connectivity index (χ0) is 13.7. The van der Waals surface area contributed by atoms with E-state index in [0.29, 0.717) is 6.04 Å². The van der Waals surface area contributed by atoms with Crippen molar-refractivity contribution in [1.82, 2.24) is 10.2 Å². The summed E-state index contributed by atoms with van der Waals surface area (Å²) in [6.45, 7) is 9.23. The van der Waals surface area contributed by atoms with Gasteiger partial charge in [0, 0.05) is 10.5 Å². The van der Waals surface area contributed by atoms with Gasteiger partial charge in [0.2, 0.25) is 0 Å². The highest BCUT2D eigenvalue weighted by molar-refractivity contribution is 9.10. The second-order valence-electron chi connectivity index (χ2n) is 5.48. The van der Waals surface area contributed by atoms with Crippen LogP contribution in [0.4, 0.5) is 0 Å². The molecule has 2 rings (SSSR count). The van der Waals surface area contributed by atoms with Crippen molar-refractivity contribution in [2.24, 2.45) is 5.92 Å². The van der Waals surface area contributed by atoms with Crippen molar-refractivity contribution in [3.63, 3.8) is 0 Å². The molecule has 1 atom stereocenters. The van der Waals surface area contributed by atoms with Gasteiger partial charge in [0.25, 0.3) is 0 Å². The van der Waals surface area contributed by atoms with Crippen LogP contribution in [0.5, 0.6) is 0 Å². The molecule has 19 heavy (non-hydrogen) atoms. The monoisotopic (exact) mass is 324 g/mol. The van der Waals surface area contributed by atoms with E-state index in [-0.39, 0.29) is 0 Å². The molecule has 2 nitrogen and oxygen atoms in total. The van der Waals surface area contributed by atoms with Crippen molar-refractivity contribution >= 4 is 15.9 Å². The molecule has 0 aromatic heterocycles. The summed E-state index contributed by atoms with van der Waals surface area (Å²) in [5, 5.41) is 3.48. The number of piperidine rings is 1. The van der Waals surface area contributed by atoms with Crippen LogP contribution in [-0.4, -0.2) is 31.1 Å². The first-order valence-corrected chi connectivity index (χ1v) is 8.20. The predicted molar refractivity (Wildman–Crippen MR) is 85.4 cm³/mol. The molecular weight excluding hydrogens is 300 g/mol. The van der Waals surface area contributed by atoms with Crippen LogP contribution >= 0.6 is 15.9 Å². The molecule has 0 amide bonds. The third-order valence-corrected chi connectivity index (χ3v) is 4.96. The first-order valence-electron chi connectivity index (χ1n) is 7.41. The lowest BCUT2D eigenvalue weighted by Crippen LogP contribution is -2.38. The van der Waals surface area contributed by atoms with Crippen LogP contribution in [0.1, 0.15) is 38.3 Å². The Balaban J connectivity index is 1.89. The largest absolute Gasteiger partial charge is 0.317 e. The number of hydrogen-bond acceptors (Lipinski definition) is 2. The van der Waals surface area contributed by atoms with Gasteiger partial charge in [-0.3, -0.25) is 4.90 Å². The average molecular weight is 325 g/mol. The molecule has 1 unspecified atom stereocenters. The van der Waals surface area contributed by atoms with Crippen molar-refractivity contribution in [3.05, 3.63) is 34.3 Å². The molecule has 0 spiro atoms. The summed E-state index contributed by atoms with van der Waals surface area (Å²) in [4.78, 5) is 2.61. The molecule has 1 aliphatic heterocycles. The van der Waals surface area contributed by atoms with Gasteiger partial charge >= 0.3 is 0 Å². The van der Waals surface area contributed by atoms with Gasteiger partial charge in [-0.2, -0.15) is 0 Å². The molecule has 1 heterocycles. The minimum Gasteiger partial charge on any atom is -0.317 e. The summed E-state index contributed by atoms with van der Waals surface area (Å²) in [5.74, 6) is 0.864. The number of benzene rings is 1.